The van der Waals surface area contributed by atoms with Gasteiger partial charge in [0.2, 0.25) is 5.43 Å². The molecule has 27 heavy (non-hydrogen) atoms. The molecule has 2 aromatic rings. The molecule has 0 radical (unpaired) electrons. The van der Waals surface area contributed by atoms with E-state index in [1.807, 2.05) is 0 Å². The van der Waals surface area contributed by atoms with Gasteiger partial charge in [-0.05, 0) is 13.0 Å². The van der Waals surface area contributed by atoms with E-state index in [4.69, 9.17) is 0 Å². The molecule has 2 heterocycles. The molecule has 142 valence electrons. The SMILES string of the molecule is Cc1c(F)ccc(CNC(=O)c2cn3c(c(O)c2=O)C(=O)N(C)CC3)c1F. The highest BCUT2D eigenvalue weighted by molar-refractivity contribution is 5.98. The first-order valence-electron chi connectivity index (χ1n) is 8.16. The fraction of sp³-hybridized carbons (Fsp3) is 0.278. The van der Waals surface area contributed by atoms with Crippen molar-refractivity contribution in [3.63, 3.8) is 0 Å². The van der Waals surface area contributed by atoms with Crippen LogP contribution in [-0.4, -0.2) is 40.0 Å². The maximum atomic E-state index is 14.0. The van der Waals surface area contributed by atoms with Gasteiger partial charge in [0.15, 0.2) is 11.4 Å². The summed E-state index contributed by atoms with van der Waals surface area (Å²) >= 11 is 0. The monoisotopic (exact) mass is 377 g/mol. The van der Waals surface area contributed by atoms with Gasteiger partial charge in [-0.15, -0.1) is 0 Å². The second kappa shape index (κ2) is 6.82. The van der Waals surface area contributed by atoms with Gasteiger partial charge in [-0.25, -0.2) is 8.78 Å². The number of halogens is 2. The number of hydrogen-bond acceptors (Lipinski definition) is 4. The van der Waals surface area contributed by atoms with Gasteiger partial charge in [0.1, 0.15) is 17.2 Å². The zero-order valence-corrected chi connectivity index (χ0v) is 14.7. The first kappa shape index (κ1) is 18.6. The Morgan fingerprint density at radius 3 is 2.67 bits per heavy atom. The molecule has 1 aliphatic rings. The summed E-state index contributed by atoms with van der Waals surface area (Å²) < 4.78 is 28.7. The summed E-state index contributed by atoms with van der Waals surface area (Å²) in [5.41, 5.74) is -1.64. The topological polar surface area (TPSA) is 91.6 Å². The molecule has 0 atom stereocenters. The summed E-state index contributed by atoms with van der Waals surface area (Å²) in [6.07, 6.45) is 1.20. The van der Waals surface area contributed by atoms with E-state index in [9.17, 15) is 28.3 Å². The number of benzene rings is 1. The third-order valence-electron chi connectivity index (χ3n) is 4.57. The van der Waals surface area contributed by atoms with Gasteiger partial charge in [-0.1, -0.05) is 6.07 Å². The number of rotatable bonds is 3. The molecule has 2 N–H and O–H groups in total. The van der Waals surface area contributed by atoms with Crippen molar-refractivity contribution in [1.82, 2.24) is 14.8 Å². The molecule has 2 amide bonds. The van der Waals surface area contributed by atoms with Crippen molar-refractivity contribution in [3.05, 3.63) is 62.6 Å². The number of nitrogens with one attached hydrogen (secondary N) is 1. The van der Waals surface area contributed by atoms with Crippen molar-refractivity contribution >= 4 is 11.8 Å². The molecule has 0 spiro atoms. The molecule has 0 bridgehead atoms. The molecular weight excluding hydrogens is 360 g/mol. The van der Waals surface area contributed by atoms with Crippen LogP contribution >= 0.6 is 0 Å². The third-order valence-corrected chi connectivity index (χ3v) is 4.57. The first-order valence-corrected chi connectivity index (χ1v) is 8.16. The number of aromatic hydroxyl groups is 1. The number of carbonyl (C=O) groups excluding carboxylic acids is 2. The molecule has 0 aliphatic carbocycles. The number of amides is 2. The maximum absolute atomic E-state index is 14.0. The van der Waals surface area contributed by atoms with E-state index >= 15 is 0 Å². The number of pyridine rings is 1. The minimum absolute atomic E-state index is 0.0568. The van der Waals surface area contributed by atoms with Crippen LogP contribution in [-0.2, 0) is 13.1 Å². The number of aromatic nitrogens is 1. The summed E-state index contributed by atoms with van der Waals surface area (Å²) in [6.45, 7) is 1.67. The van der Waals surface area contributed by atoms with E-state index in [-0.39, 0.29) is 28.9 Å². The van der Waals surface area contributed by atoms with Crippen LogP contribution in [0.1, 0.15) is 32.0 Å². The molecule has 0 unspecified atom stereocenters. The second-order valence-corrected chi connectivity index (χ2v) is 6.32. The highest BCUT2D eigenvalue weighted by Crippen LogP contribution is 2.20. The second-order valence-electron chi connectivity index (χ2n) is 6.32. The summed E-state index contributed by atoms with van der Waals surface area (Å²) in [4.78, 5) is 38.1. The normalized spacial score (nSPS) is 13.5. The van der Waals surface area contributed by atoms with Crippen molar-refractivity contribution in [1.29, 1.82) is 0 Å². The Bertz CT molecular complexity index is 1020. The Morgan fingerprint density at radius 2 is 1.96 bits per heavy atom. The van der Waals surface area contributed by atoms with E-state index in [2.05, 4.69) is 5.32 Å². The maximum Gasteiger partial charge on any atom is 0.274 e. The van der Waals surface area contributed by atoms with Crippen molar-refractivity contribution in [3.8, 4) is 5.75 Å². The van der Waals surface area contributed by atoms with Crippen molar-refractivity contribution in [2.45, 2.75) is 20.0 Å². The molecule has 1 aromatic heterocycles. The lowest BCUT2D eigenvalue weighted by Gasteiger charge is -2.27. The zero-order valence-electron chi connectivity index (χ0n) is 14.7. The van der Waals surface area contributed by atoms with Crippen LogP contribution in [0.15, 0.2) is 23.1 Å². The predicted octanol–water partition coefficient (Wildman–Crippen LogP) is 1.16. The molecular formula is C18H17F2N3O4. The van der Waals surface area contributed by atoms with Crippen LogP contribution in [0.4, 0.5) is 8.78 Å². The molecule has 3 rings (SSSR count). The predicted molar refractivity (Wildman–Crippen MR) is 91.6 cm³/mol. The molecule has 0 saturated carbocycles. The zero-order chi connectivity index (χ0) is 19.9. The van der Waals surface area contributed by atoms with Gasteiger partial charge in [0, 0.05) is 44.0 Å². The fourth-order valence-electron chi connectivity index (χ4n) is 2.88. The summed E-state index contributed by atoms with van der Waals surface area (Å²) in [5, 5.41) is 12.5. The number of nitrogens with zero attached hydrogens (tertiary/aromatic N) is 2. The lowest BCUT2D eigenvalue weighted by Crippen LogP contribution is -2.40. The minimum atomic E-state index is -0.988. The smallest absolute Gasteiger partial charge is 0.274 e. The largest absolute Gasteiger partial charge is 0.503 e. The fourth-order valence-corrected chi connectivity index (χ4v) is 2.88. The average Bonchev–Trinajstić information content (AvgIpc) is 2.64. The summed E-state index contributed by atoms with van der Waals surface area (Å²) in [7, 11) is 1.54. The highest BCUT2D eigenvalue weighted by Gasteiger charge is 2.29. The standard InChI is InChI=1S/C18H17F2N3O4/c1-9-12(19)4-3-10(13(9)20)7-21-17(26)11-8-23-6-5-22(2)18(27)14(23)16(25)15(11)24/h3-4,8,25H,5-7H2,1-2H3,(H,21,26). The number of hydrogen-bond donors (Lipinski definition) is 2. The van der Waals surface area contributed by atoms with Gasteiger partial charge >= 0.3 is 0 Å². The van der Waals surface area contributed by atoms with Gasteiger partial charge < -0.3 is 19.9 Å². The quantitative estimate of drug-likeness (QED) is 0.840. The molecule has 1 aliphatic heterocycles. The van der Waals surface area contributed by atoms with E-state index in [1.165, 1.54) is 35.7 Å². The molecule has 1 aromatic carbocycles. The first-order chi connectivity index (χ1) is 12.7. The lowest BCUT2D eigenvalue weighted by molar-refractivity contribution is 0.0740. The third kappa shape index (κ3) is 3.16. The Balaban J connectivity index is 1.88. The lowest BCUT2D eigenvalue weighted by atomic mass is 10.1. The van der Waals surface area contributed by atoms with E-state index in [0.29, 0.717) is 13.1 Å². The van der Waals surface area contributed by atoms with Gasteiger partial charge in [0.05, 0.1) is 0 Å². The number of fused-ring (bicyclic) bond motifs is 1. The summed E-state index contributed by atoms with van der Waals surface area (Å²) in [5.74, 6) is -3.64. The van der Waals surface area contributed by atoms with Crippen LogP contribution in [0.2, 0.25) is 0 Å². The Morgan fingerprint density at radius 1 is 1.26 bits per heavy atom. The summed E-state index contributed by atoms with van der Waals surface area (Å²) in [6, 6.07) is 2.28. The number of carbonyl (C=O) groups is 2. The molecule has 9 heteroatoms. The van der Waals surface area contributed by atoms with Crippen molar-refractivity contribution in [2.24, 2.45) is 0 Å². The molecule has 0 fully saturated rings. The van der Waals surface area contributed by atoms with Crippen LogP contribution in [0.5, 0.6) is 5.75 Å². The average molecular weight is 377 g/mol. The van der Waals surface area contributed by atoms with Gasteiger partial charge in [0.25, 0.3) is 11.8 Å². The van der Waals surface area contributed by atoms with E-state index in [0.717, 1.165) is 6.07 Å². The van der Waals surface area contributed by atoms with E-state index < -0.39 is 34.6 Å². The highest BCUT2D eigenvalue weighted by atomic mass is 19.1. The van der Waals surface area contributed by atoms with Crippen molar-refractivity contribution in [2.75, 3.05) is 13.6 Å². The minimum Gasteiger partial charge on any atom is -0.503 e. The molecule has 7 nitrogen and oxygen atoms in total. The van der Waals surface area contributed by atoms with Crippen LogP contribution in [0.3, 0.4) is 0 Å². The Hall–Kier alpha value is -3.23. The molecule has 0 saturated heterocycles. The Labute approximate surface area is 152 Å². The van der Waals surface area contributed by atoms with E-state index in [1.54, 1.807) is 0 Å². The Kier molecular flexibility index (Phi) is 4.69. The number of likely N-dealkylation sites (N-methyl/N-ethyl adjacent to an activating group) is 1. The van der Waals surface area contributed by atoms with Gasteiger partial charge in [-0.3, -0.25) is 14.4 Å². The van der Waals surface area contributed by atoms with Crippen LogP contribution < -0.4 is 10.7 Å². The van der Waals surface area contributed by atoms with Crippen LogP contribution in [0, 0.1) is 18.6 Å². The van der Waals surface area contributed by atoms with Crippen molar-refractivity contribution < 1.29 is 23.5 Å². The van der Waals surface area contributed by atoms with Crippen LogP contribution in [0.25, 0.3) is 0 Å². The van der Waals surface area contributed by atoms with Gasteiger partial charge in [-0.2, -0.15) is 0 Å².